The number of amides is 1. The quantitative estimate of drug-likeness (QED) is 0.603. The highest BCUT2D eigenvalue weighted by molar-refractivity contribution is 7.15. The summed E-state index contributed by atoms with van der Waals surface area (Å²) in [6.07, 6.45) is 0.613. The van der Waals surface area contributed by atoms with E-state index in [1.165, 1.54) is 11.3 Å². The third kappa shape index (κ3) is 1.20. The van der Waals surface area contributed by atoms with E-state index in [4.69, 9.17) is 5.73 Å². The van der Waals surface area contributed by atoms with Crippen LogP contribution in [-0.2, 0) is 4.79 Å². The van der Waals surface area contributed by atoms with Gasteiger partial charge in [0.1, 0.15) is 5.00 Å². The van der Waals surface area contributed by atoms with Gasteiger partial charge in [0.25, 0.3) is 0 Å². The number of rotatable bonds is 2. The first-order valence-electron chi connectivity index (χ1n) is 2.37. The average Bonchev–Trinajstić information content (AvgIpc) is 2.18. The molecule has 0 fully saturated rings. The molecule has 0 atom stereocenters. The molecule has 48 valence electrons. The zero-order valence-electron chi connectivity index (χ0n) is 4.63. The van der Waals surface area contributed by atoms with Gasteiger partial charge in [0.2, 0.25) is 6.41 Å². The van der Waals surface area contributed by atoms with Crippen molar-refractivity contribution in [3.8, 4) is 0 Å². The van der Waals surface area contributed by atoms with Gasteiger partial charge in [-0.05, 0) is 11.4 Å². The third-order valence-electron chi connectivity index (χ3n) is 0.886. The van der Waals surface area contributed by atoms with E-state index in [1.807, 2.05) is 5.38 Å². The first kappa shape index (κ1) is 6.10. The van der Waals surface area contributed by atoms with E-state index in [1.54, 1.807) is 6.07 Å². The zero-order valence-corrected chi connectivity index (χ0v) is 5.44. The van der Waals surface area contributed by atoms with Crippen molar-refractivity contribution in [2.45, 2.75) is 0 Å². The van der Waals surface area contributed by atoms with Crippen LogP contribution < -0.4 is 11.1 Å². The second kappa shape index (κ2) is 2.50. The molecule has 0 aliphatic heterocycles. The van der Waals surface area contributed by atoms with Crippen molar-refractivity contribution in [2.24, 2.45) is 0 Å². The molecule has 3 N–H and O–H groups in total. The van der Waals surface area contributed by atoms with Crippen LogP contribution >= 0.6 is 11.3 Å². The number of carbonyl (C=O) groups excluding carboxylic acids is 1. The Morgan fingerprint density at radius 2 is 2.56 bits per heavy atom. The lowest BCUT2D eigenvalue weighted by Crippen LogP contribution is -1.93. The van der Waals surface area contributed by atoms with E-state index < -0.39 is 0 Å². The summed E-state index contributed by atoms with van der Waals surface area (Å²) in [5.74, 6) is 0. The number of hydrogen-bond acceptors (Lipinski definition) is 3. The Kier molecular flexibility index (Phi) is 1.69. The minimum Gasteiger partial charge on any atom is -0.396 e. The highest BCUT2D eigenvalue weighted by Gasteiger charge is 1.95. The molecule has 1 aromatic heterocycles. The standard InChI is InChI=1S/C5H6N2OS/c6-4-1-2-9-5(4)7-3-8/h1-3H,6H2,(H,7,8). The zero-order chi connectivity index (χ0) is 6.69. The third-order valence-corrected chi connectivity index (χ3v) is 1.75. The molecule has 0 aromatic carbocycles. The Hall–Kier alpha value is -1.03. The Morgan fingerprint density at radius 1 is 1.78 bits per heavy atom. The monoisotopic (exact) mass is 142 g/mol. The van der Waals surface area contributed by atoms with Crippen molar-refractivity contribution in [1.82, 2.24) is 0 Å². The molecule has 0 aliphatic rings. The maximum atomic E-state index is 9.86. The maximum Gasteiger partial charge on any atom is 0.212 e. The van der Waals surface area contributed by atoms with Crippen LogP contribution in [0.4, 0.5) is 10.7 Å². The normalized spacial score (nSPS) is 8.89. The molecular weight excluding hydrogens is 136 g/mol. The fourth-order valence-corrected chi connectivity index (χ4v) is 1.16. The van der Waals surface area contributed by atoms with Crippen LogP contribution in [0.5, 0.6) is 0 Å². The SMILES string of the molecule is Nc1ccsc1NC=O. The Labute approximate surface area is 56.5 Å². The molecule has 1 heterocycles. The van der Waals surface area contributed by atoms with Crippen molar-refractivity contribution in [1.29, 1.82) is 0 Å². The number of hydrogen-bond donors (Lipinski definition) is 2. The number of nitrogens with one attached hydrogen (secondary N) is 1. The number of nitrogen functional groups attached to an aromatic ring is 1. The largest absolute Gasteiger partial charge is 0.396 e. The Morgan fingerprint density at radius 3 is 3.00 bits per heavy atom. The molecule has 0 saturated carbocycles. The van der Waals surface area contributed by atoms with Crippen molar-refractivity contribution < 1.29 is 4.79 Å². The molecule has 1 amide bonds. The molecule has 0 bridgehead atoms. The molecule has 0 spiro atoms. The summed E-state index contributed by atoms with van der Waals surface area (Å²) < 4.78 is 0. The molecule has 4 heteroatoms. The highest BCUT2D eigenvalue weighted by atomic mass is 32.1. The molecule has 0 aliphatic carbocycles. The van der Waals surface area contributed by atoms with E-state index in [9.17, 15) is 4.79 Å². The van der Waals surface area contributed by atoms with Crippen LogP contribution in [0.15, 0.2) is 11.4 Å². The minimum absolute atomic E-state index is 0.613. The fraction of sp³-hybridized carbons (Fsp3) is 0. The first-order valence-corrected chi connectivity index (χ1v) is 3.25. The lowest BCUT2D eigenvalue weighted by molar-refractivity contribution is -0.105. The van der Waals surface area contributed by atoms with E-state index in [0.717, 1.165) is 0 Å². The second-order valence-corrected chi connectivity index (χ2v) is 2.38. The van der Waals surface area contributed by atoms with Gasteiger partial charge >= 0.3 is 0 Å². The second-order valence-electron chi connectivity index (χ2n) is 1.47. The molecule has 0 unspecified atom stereocenters. The summed E-state index contributed by atoms with van der Waals surface area (Å²) >= 11 is 1.41. The summed E-state index contributed by atoms with van der Waals surface area (Å²) in [7, 11) is 0. The summed E-state index contributed by atoms with van der Waals surface area (Å²) in [6, 6.07) is 1.75. The van der Waals surface area contributed by atoms with Crippen molar-refractivity contribution in [3.05, 3.63) is 11.4 Å². The lowest BCUT2D eigenvalue weighted by Gasteiger charge is -1.91. The van der Waals surface area contributed by atoms with Crippen LogP contribution in [0.2, 0.25) is 0 Å². The van der Waals surface area contributed by atoms with Crippen LogP contribution in [-0.4, -0.2) is 6.41 Å². The molecule has 1 rings (SSSR count). The molecule has 9 heavy (non-hydrogen) atoms. The molecule has 1 aromatic rings. The number of carbonyl (C=O) groups is 1. The first-order chi connectivity index (χ1) is 4.34. The summed E-state index contributed by atoms with van der Waals surface area (Å²) in [5, 5.41) is 5.00. The Bertz CT molecular complexity index is 208. The van der Waals surface area contributed by atoms with Gasteiger partial charge in [-0.15, -0.1) is 11.3 Å². The number of anilines is 2. The smallest absolute Gasteiger partial charge is 0.212 e. The van der Waals surface area contributed by atoms with Gasteiger partial charge in [-0.1, -0.05) is 0 Å². The number of thiophene rings is 1. The van der Waals surface area contributed by atoms with Gasteiger partial charge in [0, 0.05) is 0 Å². The summed E-state index contributed by atoms with van der Waals surface area (Å²) in [4.78, 5) is 9.86. The summed E-state index contributed by atoms with van der Waals surface area (Å²) in [6.45, 7) is 0. The van der Waals surface area contributed by atoms with E-state index in [-0.39, 0.29) is 0 Å². The predicted molar refractivity (Wildman–Crippen MR) is 38.4 cm³/mol. The van der Waals surface area contributed by atoms with Crippen molar-refractivity contribution in [3.63, 3.8) is 0 Å². The van der Waals surface area contributed by atoms with E-state index >= 15 is 0 Å². The van der Waals surface area contributed by atoms with Gasteiger partial charge in [0.15, 0.2) is 0 Å². The molecular formula is C5H6N2OS. The molecule has 3 nitrogen and oxygen atoms in total. The molecule has 0 saturated heterocycles. The van der Waals surface area contributed by atoms with Crippen LogP contribution in [0.3, 0.4) is 0 Å². The van der Waals surface area contributed by atoms with Gasteiger partial charge in [0.05, 0.1) is 5.69 Å². The van der Waals surface area contributed by atoms with Crippen LogP contribution in [0.25, 0.3) is 0 Å². The Balaban J connectivity index is 2.80. The summed E-state index contributed by atoms with van der Waals surface area (Å²) in [5.41, 5.74) is 6.03. The van der Waals surface area contributed by atoms with Gasteiger partial charge in [-0.3, -0.25) is 4.79 Å². The van der Waals surface area contributed by atoms with Gasteiger partial charge in [-0.2, -0.15) is 0 Å². The van der Waals surface area contributed by atoms with E-state index in [2.05, 4.69) is 5.32 Å². The fourth-order valence-electron chi connectivity index (χ4n) is 0.490. The van der Waals surface area contributed by atoms with Crippen LogP contribution in [0.1, 0.15) is 0 Å². The number of nitrogens with two attached hydrogens (primary N) is 1. The average molecular weight is 142 g/mol. The van der Waals surface area contributed by atoms with Crippen LogP contribution in [0, 0.1) is 0 Å². The van der Waals surface area contributed by atoms with Gasteiger partial charge in [-0.25, -0.2) is 0 Å². The minimum atomic E-state index is 0.613. The van der Waals surface area contributed by atoms with E-state index in [0.29, 0.717) is 17.1 Å². The highest BCUT2D eigenvalue weighted by Crippen LogP contribution is 2.23. The van der Waals surface area contributed by atoms with Gasteiger partial charge < -0.3 is 11.1 Å². The molecule has 0 radical (unpaired) electrons. The lowest BCUT2D eigenvalue weighted by atomic mass is 10.5. The van der Waals surface area contributed by atoms with Crippen molar-refractivity contribution >= 4 is 28.4 Å². The van der Waals surface area contributed by atoms with Crippen molar-refractivity contribution in [2.75, 3.05) is 11.1 Å². The predicted octanol–water partition coefficient (Wildman–Crippen LogP) is 0.899. The maximum absolute atomic E-state index is 9.86. The topological polar surface area (TPSA) is 55.1 Å².